The molecule has 7 heteroatoms. The van der Waals surface area contributed by atoms with Gasteiger partial charge in [0.2, 0.25) is 11.8 Å². The topological polar surface area (TPSA) is 122 Å². The highest BCUT2D eigenvalue weighted by molar-refractivity contribution is 5.85. The van der Waals surface area contributed by atoms with Crippen molar-refractivity contribution >= 4 is 17.8 Å². The van der Waals surface area contributed by atoms with Crippen LogP contribution in [0.15, 0.2) is 18.3 Å². The maximum Gasteiger partial charge on any atom is 0.326 e. The summed E-state index contributed by atoms with van der Waals surface area (Å²) in [5.74, 6) is -2.26. The summed E-state index contributed by atoms with van der Waals surface area (Å²) in [6, 6.07) is 2.44. The Hall–Kier alpha value is -2.44. The van der Waals surface area contributed by atoms with E-state index in [-0.39, 0.29) is 19.3 Å². The number of carboxylic acid groups (broad SMARTS) is 1. The number of carbonyl (C=O) groups is 3. The van der Waals surface area contributed by atoms with Crippen molar-refractivity contribution in [3.63, 3.8) is 0 Å². The van der Waals surface area contributed by atoms with Gasteiger partial charge in [-0.2, -0.15) is 0 Å². The molecule has 1 aromatic rings. The number of hydrogen-bond donors (Lipinski definition) is 3. The monoisotopic (exact) mass is 279 g/mol. The van der Waals surface area contributed by atoms with Crippen LogP contribution in [0.5, 0.6) is 0 Å². The highest BCUT2D eigenvalue weighted by Gasteiger charge is 2.20. The summed E-state index contributed by atoms with van der Waals surface area (Å²) in [5, 5.41) is 11.3. The second-order valence-electron chi connectivity index (χ2n) is 4.41. The van der Waals surface area contributed by atoms with E-state index in [1.165, 1.54) is 0 Å². The first-order valence-corrected chi connectivity index (χ1v) is 6.11. The van der Waals surface area contributed by atoms with Gasteiger partial charge in [0.05, 0.1) is 12.1 Å². The average molecular weight is 279 g/mol. The van der Waals surface area contributed by atoms with Crippen LogP contribution in [0, 0.1) is 6.92 Å². The van der Waals surface area contributed by atoms with Gasteiger partial charge in [0.15, 0.2) is 0 Å². The van der Waals surface area contributed by atoms with Crippen molar-refractivity contribution in [1.29, 1.82) is 0 Å². The van der Waals surface area contributed by atoms with E-state index < -0.39 is 23.8 Å². The molecule has 0 saturated heterocycles. The van der Waals surface area contributed by atoms with Gasteiger partial charge >= 0.3 is 5.97 Å². The molecule has 0 aliphatic rings. The number of amides is 2. The molecule has 1 aromatic heterocycles. The molecule has 1 atom stereocenters. The first-order valence-electron chi connectivity index (χ1n) is 6.11. The average Bonchev–Trinajstić information content (AvgIpc) is 2.36. The molecular formula is C13H17N3O4. The molecule has 0 bridgehead atoms. The van der Waals surface area contributed by atoms with E-state index in [2.05, 4.69) is 10.3 Å². The van der Waals surface area contributed by atoms with Gasteiger partial charge < -0.3 is 16.2 Å². The summed E-state index contributed by atoms with van der Waals surface area (Å²) in [6.07, 6.45) is 1.43. The maximum atomic E-state index is 11.8. The fraction of sp³-hybridized carbons (Fsp3) is 0.385. The molecule has 0 saturated carbocycles. The molecule has 0 unspecified atom stereocenters. The van der Waals surface area contributed by atoms with Crippen LogP contribution < -0.4 is 11.1 Å². The van der Waals surface area contributed by atoms with Gasteiger partial charge in [0.25, 0.3) is 0 Å². The van der Waals surface area contributed by atoms with E-state index in [0.717, 1.165) is 5.56 Å². The predicted octanol–water partition coefficient (Wildman–Crippen LogP) is -0.233. The van der Waals surface area contributed by atoms with Crippen LogP contribution in [0.4, 0.5) is 0 Å². The van der Waals surface area contributed by atoms with Crippen LogP contribution in [0.2, 0.25) is 0 Å². The largest absolute Gasteiger partial charge is 0.480 e. The summed E-state index contributed by atoms with van der Waals surface area (Å²) < 4.78 is 0. The molecule has 2 amide bonds. The molecular weight excluding hydrogens is 262 g/mol. The summed E-state index contributed by atoms with van der Waals surface area (Å²) in [6.45, 7) is 1.82. The number of nitrogens with zero attached hydrogens (tertiary/aromatic N) is 1. The molecule has 0 aromatic carbocycles. The number of nitrogens with one attached hydrogen (secondary N) is 1. The molecule has 1 heterocycles. The van der Waals surface area contributed by atoms with Gasteiger partial charge in [0, 0.05) is 12.6 Å². The van der Waals surface area contributed by atoms with E-state index in [0.29, 0.717) is 5.69 Å². The Bertz CT molecular complexity index is 516. The van der Waals surface area contributed by atoms with Gasteiger partial charge in [-0.1, -0.05) is 6.07 Å². The minimum absolute atomic E-state index is 0.00692. The Kier molecular flexibility index (Phi) is 5.64. The van der Waals surface area contributed by atoms with Gasteiger partial charge in [-0.05, 0) is 25.0 Å². The quantitative estimate of drug-likeness (QED) is 0.636. The standard InChI is InChI=1S/C13H17N3O4/c1-8-3-2-6-15-10(8)7-12(18)16-9(13(19)20)4-5-11(14)17/h2-3,6,9H,4-5,7H2,1H3,(H2,14,17)(H,16,18)(H,19,20)/t9-/m1/s1. The minimum Gasteiger partial charge on any atom is -0.480 e. The third-order valence-electron chi connectivity index (χ3n) is 2.76. The number of pyridine rings is 1. The fourth-order valence-electron chi connectivity index (χ4n) is 1.64. The molecule has 0 aliphatic carbocycles. The third-order valence-corrected chi connectivity index (χ3v) is 2.76. The summed E-state index contributed by atoms with van der Waals surface area (Å²) in [5.41, 5.74) is 6.40. The lowest BCUT2D eigenvalue weighted by Crippen LogP contribution is -2.42. The Morgan fingerprint density at radius 1 is 1.45 bits per heavy atom. The van der Waals surface area contributed by atoms with Crippen molar-refractivity contribution in [2.75, 3.05) is 0 Å². The third kappa shape index (κ3) is 5.05. The number of aliphatic carboxylic acids is 1. The van der Waals surface area contributed by atoms with Crippen molar-refractivity contribution in [3.8, 4) is 0 Å². The number of carbonyl (C=O) groups excluding carboxylic acids is 2. The lowest BCUT2D eigenvalue weighted by Gasteiger charge is -2.14. The molecule has 20 heavy (non-hydrogen) atoms. The van der Waals surface area contributed by atoms with Crippen molar-refractivity contribution in [2.45, 2.75) is 32.2 Å². The number of hydrogen-bond acceptors (Lipinski definition) is 4. The zero-order valence-corrected chi connectivity index (χ0v) is 11.1. The van der Waals surface area contributed by atoms with Crippen molar-refractivity contribution in [3.05, 3.63) is 29.6 Å². The van der Waals surface area contributed by atoms with Crippen LogP contribution in [0.3, 0.4) is 0 Å². The van der Waals surface area contributed by atoms with E-state index in [9.17, 15) is 14.4 Å². The molecule has 0 spiro atoms. The van der Waals surface area contributed by atoms with E-state index in [1.54, 1.807) is 12.3 Å². The van der Waals surface area contributed by atoms with Crippen LogP contribution in [-0.4, -0.2) is 33.9 Å². The van der Waals surface area contributed by atoms with Crippen molar-refractivity contribution in [2.24, 2.45) is 5.73 Å². The zero-order chi connectivity index (χ0) is 15.1. The minimum atomic E-state index is -1.20. The van der Waals surface area contributed by atoms with Gasteiger partial charge in [0.1, 0.15) is 6.04 Å². The van der Waals surface area contributed by atoms with E-state index in [1.807, 2.05) is 13.0 Å². The van der Waals surface area contributed by atoms with Crippen LogP contribution in [0.1, 0.15) is 24.1 Å². The first-order chi connectivity index (χ1) is 9.40. The molecule has 7 nitrogen and oxygen atoms in total. The number of aryl methyl sites for hydroxylation is 1. The lowest BCUT2D eigenvalue weighted by atomic mass is 10.1. The molecule has 0 radical (unpaired) electrons. The number of primary amides is 1. The summed E-state index contributed by atoms with van der Waals surface area (Å²) >= 11 is 0. The fourth-order valence-corrected chi connectivity index (χ4v) is 1.64. The smallest absolute Gasteiger partial charge is 0.326 e. The lowest BCUT2D eigenvalue weighted by molar-refractivity contribution is -0.142. The first kappa shape index (κ1) is 15.6. The SMILES string of the molecule is Cc1cccnc1CC(=O)N[C@H](CCC(N)=O)C(=O)O. The second-order valence-corrected chi connectivity index (χ2v) is 4.41. The summed E-state index contributed by atoms with van der Waals surface area (Å²) in [4.78, 5) is 37.5. The van der Waals surface area contributed by atoms with Crippen molar-refractivity contribution in [1.82, 2.24) is 10.3 Å². The highest BCUT2D eigenvalue weighted by atomic mass is 16.4. The van der Waals surface area contributed by atoms with Crippen LogP contribution in [0.25, 0.3) is 0 Å². The number of aromatic nitrogens is 1. The van der Waals surface area contributed by atoms with Gasteiger partial charge in [-0.25, -0.2) is 4.79 Å². The Morgan fingerprint density at radius 3 is 2.70 bits per heavy atom. The molecule has 108 valence electrons. The molecule has 1 rings (SSSR count). The number of nitrogens with two attached hydrogens (primary N) is 1. The van der Waals surface area contributed by atoms with Crippen LogP contribution >= 0.6 is 0 Å². The Balaban J connectivity index is 2.60. The molecule has 0 fully saturated rings. The highest BCUT2D eigenvalue weighted by Crippen LogP contribution is 2.05. The molecule has 0 aliphatic heterocycles. The Morgan fingerprint density at radius 2 is 2.15 bits per heavy atom. The van der Waals surface area contributed by atoms with Gasteiger partial charge in [-0.15, -0.1) is 0 Å². The van der Waals surface area contributed by atoms with Crippen LogP contribution in [-0.2, 0) is 20.8 Å². The van der Waals surface area contributed by atoms with Gasteiger partial charge in [-0.3, -0.25) is 14.6 Å². The predicted molar refractivity (Wildman–Crippen MR) is 70.7 cm³/mol. The zero-order valence-electron chi connectivity index (χ0n) is 11.1. The summed E-state index contributed by atoms with van der Waals surface area (Å²) in [7, 11) is 0. The van der Waals surface area contributed by atoms with E-state index >= 15 is 0 Å². The maximum absolute atomic E-state index is 11.8. The van der Waals surface area contributed by atoms with E-state index in [4.69, 9.17) is 10.8 Å². The Labute approximate surface area is 116 Å². The van der Waals surface area contributed by atoms with Crippen molar-refractivity contribution < 1.29 is 19.5 Å². The second kappa shape index (κ2) is 7.22. The number of carboxylic acids is 1. The normalized spacial score (nSPS) is 11.7. The molecule has 4 N–H and O–H groups in total. The number of rotatable bonds is 7.